The van der Waals surface area contributed by atoms with E-state index in [1.54, 1.807) is 0 Å². The maximum absolute atomic E-state index is 14.6. The zero-order valence-corrected chi connectivity index (χ0v) is 15.5. The van der Waals surface area contributed by atoms with Gasteiger partial charge in [-0.15, -0.1) is 0 Å². The zero-order valence-electron chi connectivity index (χ0n) is 15.5. The Morgan fingerprint density at radius 1 is 0.960 bits per heavy atom. The summed E-state index contributed by atoms with van der Waals surface area (Å²) in [4.78, 5) is 0. The lowest BCUT2D eigenvalue weighted by Crippen LogP contribution is -2.47. The van der Waals surface area contributed by atoms with Crippen molar-refractivity contribution < 1.29 is 22.6 Å². The Morgan fingerprint density at radius 3 is 2.40 bits per heavy atom. The minimum Gasteiger partial charge on any atom is -0.375 e. The van der Waals surface area contributed by atoms with Crippen molar-refractivity contribution in [1.82, 2.24) is 0 Å². The van der Waals surface area contributed by atoms with E-state index in [1.165, 1.54) is 0 Å². The summed E-state index contributed by atoms with van der Waals surface area (Å²) in [6.45, 7) is 4.83. The standard InChI is InChI=1S/C20H33F3O2/c1-3-5-11-24-17-9-7-14(13-16(17)21)15-8-10-18(20(23)19(15)22)25-12-6-4-2/h3,5,14-20H,4,6-13H2,1-2H3. The molecule has 0 N–H and O–H groups in total. The van der Waals surface area contributed by atoms with Gasteiger partial charge in [0.05, 0.1) is 18.8 Å². The van der Waals surface area contributed by atoms with Gasteiger partial charge in [-0.1, -0.05) is 25.5 Å². The van der Waals surface area contributed by atoms with Crippen molar-refractivity contribution in [2.75, 3.05) is 13.2 Å². The minimum absolute atomic E-state index is 0.0959. The monoisotopic (exact) mass is 362 g/mol. The summed E-state index contributed by atoms with van der Waals surface area (Å²) in [6, 6.07) is 0. The third kappa shape index (κ3) is 5.72. The van der Waals surface area contributed by atoms with E-state index in [-0.39, 0.29) is 12.3 Å². The Labute approximate surface area is 150 Å². The molecule has 2 saturated carbocycles. The summed E-state index contributed by atoms with van der Waals surface area (Å²) in [5.41, 5.74) is 0. The highest BCUT2D eigenvalue weighted by Gasteiger charge is 2.46. The number of allylic oxidation sites excluding steroid dienone is 1. The molecule has 0 amide bonds. The first-order valence-corrected chi connectivity index (χ1v) is 9.85. The van der Waals surface area contributed by atoms with Gasteiger partial charge in [0, 0.05) is 6.61 Å². The highest BCUT2D eigenvalue weighted by molar-refractivity contribution is 4.95. The number of hydrogen-bond acceptors (Lipinski definition) is 2. The number of alkyl halides is 3. The van der Waals surface area contributed by atoms with Gasteiger partial charge >= 0.3 is 0 Å². The second kappa shape index (κ2) is 10.6. The van der Waals surface area contributed by atoms with Crippen molar-refractivity contribution in [3.63, 3.8) is 0 Å². The average molecular weight is 362 g/mol. The van der Waals surface area contributed by atoms with Crippen LogP contribution in [0.2, 0.25) is 0 Å². The van der Waals surface area contributed by atoms with Crippen LogP contribution in [0.3, 0.4) is 0 Å². The number of halogens is 3. The van der Waals surface area contributed by atoms with Crippen molar-refractivity contribution in [2.45, 2.75) is 89.5 Å². The van der Waals surface area contributed by atoms with E-state index in [9.17, 15) is 13.2 Å². The fourth-order valence-electron chi connectivity index (χ4n) is 4.14. The van der Waals surface area contributed by atoms with Gasteiger partial charge in [0.2, 0.25) is 0 Å². The van der Waals surface area contributed by atoms with Gasteiger partial charge in [-0.05, 0) is 57.3 Å². The first-order valence-electron chi connectivity index (χ1n) is 9.85. The molecule has 2 rings (SSSR count). The molecule has 2 nitrogen and oxygen atoms in total. The lowest BCUT2D eigenvalue weighted by Gasteiger charge is -2.42. The van der Waals surface area contributed by atoms with Crippen LogP contribution in [-0.2, 0) is 9.47 Å². The van der Waals surface area contributed by atoms with Crippen molar-refractivity contribution in [3.05, 3.63) is 12.2 Å². The Morgan fingerprint density at radius 2 is 1.72 bits per heavy atom. The molecule has 25 heavy (non-hydrogen) atoms. The van der Waals surface area contributed by atoms with Crippen molar-refractivity contribution in [2.24, 2.45) is 11.8 Å². The molecule has 0 aromatic rings. The molecule has 7 atom stereocenters. The van der Waals surface area contributed by atoms with Crippen LogP contribution in [-0.4, -0.2) is 43.9 Å². The molecule has 0 heterocycles. The quantitative estimate of drug-likeness (QED) is 0.428. The third-order valence-electron chi connectivity index (χ3n) is 5.68. The van der Waals surface area contributed by atoms with Crippen LogP contribution in [0, 0.1) is 11.8 Å². The van der Waals surface area contributed by atoms with Gasteiger partial charge in [-0.2, -0.15) is 0 Å². The van der Waals surface area contributed by atoms with Crippen LogP contribution >= 0.6 is 0 Å². The van der Waals surface area contributed by atoms with E-state index in [1.807, 2.05) is 26.0 Å². The molecule has 0 aromatic carbocycles. The number of ether oxygens (including phenoxy) is 2. The van der Waals surface area contributed by atoms with E-state index < -0.39 is 36.6 Å². The van der Waals surface area contributed by atoms with E-state index in [0.29, 0.717) is 38.9 Å². The smallest absolute Gasteiger partial charge is 0.157 e. The highest BCUT2D eigenvalue weighted by Crippen LogP contribution is 2.42. The molecule has 0 aliphatic heterocycles. The Balaban J connectivity index is 1.82. The van der Waals surface area contributed by atoms with Gasteiger partial charge < -0.3 is 9.47 Å². The average Bonchev–Trinajstić information content (AvgIpc) is 2.60. The summed E-state index contributed by atoms with van der Waals surface area (Å²) in [7, 11) is 0. The van der Waals surface area contributed by atoms with E-state index >= 15 is 0 Å². The fraction of sp³-hybridized carbons (Fsp3) is 0.900. The Bertz CT molecular complexity index is 404. The van der Waals surface area contributed by atoms with Crippen LogP contribution < -0.4 is 0 Å². The summed E-state index contributed by atoms with van der Waals surface area (Å²) >= 11 is 0. The van der Waals surface area contributed by atoms with E-state index in [4.69, 9.17) is 9.47 Å². The molecular formula is C20H33F3O2. The molecule has 0 aromatic heterocycles. The van der Waals surface area contributed by atoms with Crippen LogP contribution in [0.1, 0.15) is 58.8 Å². The SMILES string of the molecule is CC=CCOC1CCC(C2CCC(OCCCC)C(F)C2F)CC1F. The van der Waals surface area contributed by atoms with Gasteiger partial charge in [-0.3, -0.25) is 0 Å². The topological polar surface area (TPSA) is 18.5 Å². The Kier molecular flexibility index (Phi) is 8.77. The largest absolute Gasteiger partial charge is 0.375 e. The van der Waals surface area contributed by atoms with Gasteiger partial charge in [0.1, 0.15) is 12.3 Å². The molecule has 0 radical (unpaired) electrons. The highest BCUT2D eigenvalue weighted by atomic mass is 19.2. The molecule has 0 bridgehead atoms. The van der Waals surface area contributed by atoms with Crippen LogP contribution in [0.4, 0.5) is 13.2 Å². The first-order chi connectivity index (χ1) is 12.1. The number of unbranched alkanes of at least 4 members (excludes halogenated alkanes) is 1. The van der Waals surface area contributed by atoms with Crippen LogP contribution in [0.25, 0.3) is 0 Å². The summed E-state index contributed by atoms with van der Waals surface area (Å²) in [5.74, 6) is -0.489. The normalized spacial score (nSPS) is 39.8. The van der Waals surface area contributed by atoms with Crippen LogP contribution in [0.5, 0.6) is 0 Å². The summed E-state index contributed by atoms with van der Waals surface area (Å²) < 4.78 is 54.5. The van der Waals surface area contributed by atoms with E-state index in [0.717, 1.165) is 12.8 Å². The number of rotatable bonds is 8. The number of hydrogen-bond donors (Lipinski definition) is 0. The first kappa shape index (κ1) is 20.8. The minimum atomic E-state index is -1.59. The van der Waals surface area contributed by atoms with Gasteiger partial charge in [0.25, 0.3) is 0 Å². The second-order valence-electron chi connectivity index (χ2n) is 7.42. The molecule has 0 saturated heterocycles. The van der Waals surface area contributed by atoms with Gasteiger partial charge in [-0.25, -0.2) is 13.2 Å². The predicted molar refractivity (Wildman–Crippen MR) is 94.0 cm³/mol. The lowest BCUT2D eigenvalue weighted by molar-refractivity contribution is -0.0980. The van der Waals surface area contributed by atoms with Crippen molar-refractivity contribution >= 4 is 0 Å². The molecule has 7 unspecified atom stereocenters. The second-order valence-corrected chi connectivity index (χ2v) is 7.42. The summed E-state index contributed by atoms with van der Waals surface area (Å²) in [6.07, 6.45) is 2.97. The third-order valence-corrected chi connectivity index (χ3v) is 5.68. The maximum Gasteiger partial charge on any atom is 0.157 e. The molecule has 0 spiro atoms. The predicted octanol–water partition coefficient (Wildman–Crippen LogP) is 5.36. The maximum atomic E-state index is 14.6. The zero-order chi connectivity index (χ0) is 18.2. The molecule has 5 heteroatoms. The Hall–Kier alpha value is -0.550. The molecule has 2 fully saturated rings. The molecule has 2 aliphatic rings. The van der Waals surface area contributed by atoms with Crippen LogP contribution in [0.15, 0.2) is 12.2 Å². The fourth-order valence-corrected chi connectivity index (χ4v) is 4.14. The molecular weight excluding hydrogens is 329 g/mol. The summed E-state index contributed by atoms with van der Waals surface area (Å²) in [5, 5.41) is 0. The van der Waals surface area contributed by atoms with Gasteiger partial charge in [0.15, 0.2) is 6.17 Å². The van der Waals surface area contributed by atoms with E-state index in [2.05, 4.69) is 0 Å². The lowest BCUT2D eigenvalue weighted by atomic mass is 9.70. The molecule has 146 valence electrons. The van der Waals surface area contributed by atoms with Crippen molar-refractivity contribution in [3.8, 4) is 0 Å². The van der Waals surface area contributed by atoms with Crippen molar-refractivity contribution in [1.29, 1.82) is 0 Å². The molecule has 2 aliphatic carbocycles.